The summed E-state index contributed by atoms with van der Waals surface area (Å²) in [5.41, 5.74) is 4.56. The van der Waals surface area contributed by atoms with Crippen LogP contribution < -0.4 is 5.32 Å². The van der Waals surface area contributed by atoms with Crippen LogP contribution in [0.1, 0.15) is 56.6 Å². The van der Waals surface area contributed by atoms with E-state index in [0.717, 1.165) is 22.3 Å². The van der Waals surface area contributed by atoms with Crippen LogP contribution in [-0.2, 0) is 14.3 Å². The van der Waals surface area contributed by atoms with Crippen LogP contribution in [0.3, 0.4) is 0 Å². The smallest absolute Gasteiger partial charge is 0.407 e. The molecule has 0 radical (unpaired) electrons. The first kappa shape index (κ1) is 24.3. The van der Waals surface area contributed by atoms with Gasteiger partial charge >= 0.3 is 12.1 Å². The molecule has 176 valence electrons. The largest absolute Gasteiger partial charge is 0.481 e. The van der Waals surface area contributed by atoms with Gasteiger partial charge in [0.2, 0.25) is 5.91 Å². The van der Waals surface area contributed by atoms with Crippen molar-refractivity contribution < 1.29 is 24.2 Å². The number of ether oxygens (including phenoxy) is 1. The van der Waals surface area contributed by atoms with Gasteiger partial charge in [0.1, 0.15) is 12.6 Å². The first-order valence-corrected chi connectivity index (χ1v) is 11.6. The molecule has 0 aromatic heterocycles. The second-order valence-corrected chi connectivity index (χ2v) is 8.23. The average Bonchev–Trinajstić information content (AvgIpc) is 3.13. The zero-order chi connectivity index (χ0) is 23.8. The Morgan fingerprint density at radius 1 is 1.03 bits per heavy atom. The minimum atomic E-state index is -0.889. The summed E-state index contributed by atoms with van der Waals surface area (Å²) >= 11 is 0. The normalized spacial score (nSPS) is 13.0. The number of aliphatic carboxylic acids is 1. The summed E-state index contributed by atoms with van der Waals surface area (Å²) in [4.78, 5) is 38.0. The summed E-state index contributed by atoms with van der Waals surface area (Å²) in [5, 5.41) is 11.6. The number of rotatable bonds is 11. The third kappa shape index (κ3) is 5.92. The molecule has 0 spiro atoms. The standard InChI is InChI=1S/C26H32N2O5/c1-3-10-23(25(31)28(4-2)16-9-15-24(29)30)27-26(32)33-17-22-20-13-7-5-11-18(20)19-12-6-8-14-21(19)22/h5-8,11-14,22-23H,3-4,9-10,15-17H2,1-2H3,(H,27,32)(H,29,30)/t23-/m0/s1. The van der Waals surface area contributed by atoms with Gasteiger partial charge in [-0.2, -0.15) is 0 Å². The average molecular weight is 453 g/mol. The Hall–Kier alpha value is -3.35. The van der Waals surface area contributed by atoms with Crippen molar-refractivity contribution in [1.82, 2.24) is 10.2 Å². The molecule has 2 aromatic carbocycles. The molecule has 1 aliphatic carbocycles. The van der Waals surface area contributed by atoms with E-state index in [9.17, 15) is 14.4 Å². The lowest BCUT2D eigenvalue weighted by atomic mass is 9.98. The maximum absolute atomic E-state index is 13.0. The zero-order valence-corrected chi connectivity index (χ0v) is 19.3. The van der Waals surface area contributed by atoms with E-state index in [2.05, 4.69) is 29.6 Å². The molecule has 1 atom stereocenters. The predicted molar refractivity (Wildman–Crippen MR) is 126 cm³/mol. The molecule has 2 amide bonds. The zero-order valence-electron chi connectivity index (χ0n) is 19.3. The number of fused-ring (bicyclic) bond motifs is 3. The topological polar surface area (TPSA) is 95.9 Å². The van der Waals surface area contributed by atoms with E-state index in [-0.39, 0.29) is 24.9 Å². The summed E-state index contributed by atoms with van der Waals surface area (Å²) in [7, 11) is 0. The van der Waals surface area contributed by atoms with Crippen molar-refractivity contribution in [2.24, 2.45) is 0 Å². The minimum absolute atomic E-state index is 0.00202. The van der Waals surface area contributed by atoms with E-state index in [1.807, 2.05) is 38.1 Å². The van der Waals surface area contributed by atoms with Gasteiger partial charge in [-0.15, -0.1) is 0 Å². The fourth-order valence-corrected chi connectivity index (χ4v) is 4.39. The number of carboxylic acids is 1. The lowest BCUT2D eigenvalue weighted by Crippen LogP contribution is -2.49. The van der Waals surface area contributed by atoms with E-state index in [0.29, 0.717) is 32.4 Å². The lowest BCUT2D eigenvalue weighted by Gasteiger charge is -2.26. The number of nitrogens with zero attached hydrogens (tertiary/aromatic N) is 1. The third-order valence-electron chi connectivity index (χ3n) is 6.02. The van der Waals surface area contributed by atoms with E-state index in [1.54, 1.807) is 4.90 Å². The van der Waals surface area contributed by atoms with Gasteiger partial charge < -0.3 is 20.1 Å². The predicted octanol–water partition coefficient (Wildman–Crippen LogP) is 4.41. The number of carbonyl (C=O) groups excluding carboxylic acids is 2. The second kappa shape index (κ2) is 11.5. The second-order valence-electron chi connectivity index (χ2n) is 8.23. The fourth-order valence-electron chi connectivity index (χ4n) is 4.39. The van der Waals surface area contributed by atoms with Gasteiger partial charge in [-0.3, -0.25) is 9.59 Å². The molecule has 33 heavy (non-hydrogen) atoms. The van der Waals surface area contributed by atoms with E-state index < -0.39 is 18.1 Å². The van der Waals surface area contributed by atoms with Crippen molar-refractivity contribution in [1.29, 1.82) is 0 Å². The Balaban J connectivity index is 1.62. The van der Waals surface area contributed by atoms with Crippen molar-refractivity contribution in [3.05, 3.63) is 59.7 Å². The van der Waals surface area contributed by atoms with Crippen molar-refractivity contribution >= 4 is 18.0 Å². The Morgan fingerprint density at radius 2 is 1.64 bits per heavy atom. The Kier molecular flexibility index (Phi) is 8.46. The number of hydrogen-bond acceptors (Lipinski definition) is 4. The van der Waals surface area contributed by atoms with Crippen molar-refractivity contribution in [3.8, 4) is 11.1 Å². The fraction of sp³-hybridized carbons (Fsp3) is 0.423. The molecule has 3 rings (SSSR count). The molecular formula is C26H32N2O5. The Bertz CT molecular complexity index is 945. The molecule has 2 N–H and O–H groups in total. The van der Waals surface area contributed by atoms with Crippen LogP contribution in [0.4, 0.5) is 4.79 Å². The maximum Gasteiger partial charge on any atom is 0.407 e. The summed E-state index contributed by atoms with van der Waals surface area (Å²) in [6.45, 7) is 4.76. The highest BCUT2D eigenvalue weighted by atomic mass is 16.5. The van der Waals surface area contributed by atoms with Crippen LogP contribution in [0.15, 0.2) is 48.5 Å². The number of carbonyl (C=O) groups is 3. The summed E-state index contributed by atoms with van der Waals surface area (Å²) < 4.78 is 5.59. The number of nitrogens with one attached hydrogen (secondary N) is 1. The molecule has 0 heterocycles. The van der Waals surface area contributed by atoms with Gasteiger partial charge in [0.05, 0.1) is 0 Å². The summed E-state index contributed by atoms with van der Waals surface area (Å²) in [6, 6.07) is 15.5. The van der Waals surface area contributed by atoms with E-state index in [1.165, 1.54) is 0 Å². The Morgan fingerprint density at radius 3 is 2.18 bits per heavy atom. The molecule has 1 aliphatic rings. The number of carboxylic acid groups (broad SMARTS) is 1. The molecule has 0 saturated heterocycles. The van der Waals surface area contributed by atoms with Gasteiger partial charge in [-0.1, -0.05) is 61.9 Å². The van der Waals surface area contributed by atoms with Gasteiger partial charge in [-0.05, 0) is 42.0 Å². The van der Waals surface area contributed by atoms with Crippen LogP contribution >= 0.6 is 0 Å². The van der Waals surface area contributed by atoms with Gasteiger partial charge in [0, 0.05) is 25.4 Å². The molecular weight excluding hydrogens is 420 g/mol. The monoisotopic (exact) mass is 452 g/mol. The molecule has 0 unspecified atom stereocenters. The number of benzene rings is 2. The summed E-state index contributed by atoms with van der Waals surface area (Å²) in [5.74, 6) is -1.15. The van der Waals surface area contributed by atoms with Gasteiger partial charge in [0.15, 0.2) is 0 Å². The van der Waals surface area contributed by atoms with Gasteiger partial charge in [0.25, 0.3) is 0 Å². The van der Waals surface area contributed by atoms with Crippen LogP contribution in [-0.4, -0.2) is 53.7 Å². The highest BCUT2D eigenvalue weighted by molar-refractivity contribution is 5.86. The van der Waals surface area contributed by atoms with Crippen molar-refractivity contribution in [3.63, 3.8) is 0 Å². The highest BCUT2D eigenvalue weighted by Crippen LogP contribution is 2.44. The molecule has 7 heteroatoms. The van der Waals surface area contributed by atoms with Crippen LogP contribution in [0.5, 0.6) is 0 Å². The SMILES string of the molecule is CCC[C@H](NC(=O)OCC1c2ccccc2-c2ccccc21)C(=O)N(CC)CCCC(=O)O. The first-order valence-electron chi connectivity index (χ1n) is 11.6. The number of alkyl carbamates (subject to hydrolysis) is 1. The first-order chi connectivity index (χ1) is 16.0. The molecule has 0 bridgehead atoms. The van der Waals surface area contributed by atoms with E-state index in [4.69, 9.17) is 9.84 Å². The van der Waals surface area contributed by atoms with Crippen molar-refractivity contribution in [2.75, 3.05) is 19.7 Å². The Labute approximate surface area is 194 Å². The third-order valence-corrected chi connectivity index (χ3v) is 6.02. The lowest BCUT2D eigenvalue weighted by molar-refractivity contribution is -0.138. The van der Waals surface area contributed by atoms with Gasteiger partial charge in [-0.25, -0.2) is 4.79 Å². The highest BCUT2D eigenvalue weighted by Gasteiger charge is 2.30. The molecule has 0 fully saturated rings. The summed E-state index contributed by atoms with van der Waals surface area (Å²) in [6.07, 6.45) is 0.955. The number of hydrogen-bond donors (Lipinski definition) is 2. The quantitative estimate of drug-likeness (QED) is 0.527. The van der Waals surface area contributed by atoms with E-state index >= 15 is 0 Å². The maximum atomic E-state index is 13.0. The minimum Gasteiger partial charge on any atom is -0.481 e. The van der Waals surface area contributed by atoms with Crippen LogP contribution in [0, 0.1) is 0 Å². The molecule has 0 saturated carbocycles. The molecule has 0 aliphatic heterocycles. The van der Waals surface area contributed by atoms with Crippen molar-refractivity contribution in [2.45, 2.75) is 51.5 Å². The number of amides is 2. The molecule has 7 nitrogen and oxygen atoms in total. The molecule has 2 aromatic rings. The van der Waals surface area contributed by atoms with Crippen LogP contribution in [0.2, 0.25) is 0 Å². The number of likely N-dealkylation sites (N-methyl/N-ethyl adjacent to an activating group) is 1. The van der Waals surface area contributed by atoms with Crippen LogP contribution in [0.25, 0.3) is 11.1 Å².